The third kappa shape index (κ3) is 3.66. The summed E-state index contributed by atoms with van der Waals surface area (Å²) in [5.41, 5.74) is 0.784. The normalized spacial score (nSPS) is 23.8. The van der Waals surface area contributed by atoms with Crippen LogP contribution >= 0.6 is 11.8 Å². The van der Waals surface area contributed by atoms with Gasteiger partial charge in [-0.1, -0.05) is 0 Å². The standard InChI is InChI=1S/C18H22N2O4S/c1-25-14-7-5-13(6-8-14)20-11-12(10-16(20)21)17(22)19-9-3-2-4-15(19)18(23)24/h5-8,12,15H,2-4,9-11H2,1H3,(H,23,24)/t12?,15-/m1/s1. The van der Waals surface area contributed by atoms with Crippen LogP contribution in [-0.2, 0) is 14.4 Å². The Morgan fingerprint density at radius 1 is 1.20 bits per heavy atom. The topological polar surface area (TPSA) is 77.9 Å². The van der Waals surface area contributed by atoms with Gasteiger partial charge in [0.05, 0.1) is 5.92 Å². The number of hydrogen-bond donors (Lipinski definition) is 1. The van der Waals surface area contributed by atoms with Gasteiger partial charge in [0.2, 0.25) is 11.8 Å². The van der Waals surface area contributed by atoms with Crippen molar-refractivity contribution < 1.29 is 19.5 Å². The van der Waals surface area contributed by atoms with Crippen LogP contribution in [-0.4, -0.2) is 53.2 Å². The summed E-state index contributed by atoms with van der Waals surface area (Å²) in [5, 5.41) is 9.36. The molecule has 2 saturated heterocycles. The number of carboxylic acid groups (broad SMARTS) is 1. The summed E-state index contributed by atoms with van der Waals surface area (Å²) >= 11 is 1.63. The zero-order valence-corrected chi connectivity index (χ0v) is 15.0. The summed E-state index contributed by atoms with van der Waals surface area (Å²) in [6, 6.07) is 6.92. The second kappa shape index (κ2) is 7.47. The number of nitrogens with zero attached hydrogens (tertiary/aromatic N) is 2. The first kappa shape index (κ1) is 17.8. The number of carbonyl (C=O) groups excluding carboxylic acids is 2. The van der Waals surface area contributed by atoms with E-state index < -0.39 is 17.9 Å². The highest BCUT2D eigenvalue weighted by molar-refractivity contribution is 7.98. The van der Waals surface area contributed by atoms with Crippen molar-refractivity contribution in [3.8, 4) is 0 Å². The number of thioether (sulfide) groups is 1. The van der Waals surface area contributed by atoms with Crippen LogP contribution in [0.4, 0.5) is 5.69 Å². The molecule has 3 rings (SSSR count). The fraction of sp³-hybridized carbons (Fsp3) is 0.500. The monoisotopic (exact) mass is 362 g/mol. The van der Waals surface area contributed by atoms with E-state index >= 15 is 0 Å². The van der Waals surface area contributed by atoms with Gasteiger partial charge in [0.25, 0.3) is 0 Å². The van der Waals surface area contributed by atoms with Gasteiger partial charge >= 0.3 is 5.97 Å². The number of aliphatic carboxylic acids is 1. The van der Waals surface area contributed by atoms with E-state index in [4.69, 9.17) is 0 Å². The molecule has 1 N–H and O–H groups in total. The second-order valence-electron chi connectivity index (χ2n) is 6.48. The molecule has 2 aliphatic rings. The number of amides is 2. The van der Waals surface area contributed by atoms with Crippen LogP contribution < -0.4 is 4.90 Å². The molecule has 0 aliphatic carbocycles. The number of benzene rings is 1. The van der Waals surface area contributed by atoms with Gasteiger partial charge in [-0.3, -0.25) is 9.59 Å². The lowest BCUT2D eigenvalue weighted by molar-refractivity contribution is -0.153. The van der Waals surface area contributed by atoms with E-state index in [0.717, 1.165) is 23.4 Å². The molecule has 0 saturated carbocycles. The zero-order chi connectivity index (χ0) is 18.0. The van der Waals surface area contributed by atoms with E-state index in [1.54, 1.807) is 16.7 Å². The van der Waals surface area contributed by atoms with Crippen LogP contribution in [0.2, 0.25) is 0 Å². The predicted molar refractivity (Wildman–Crippen MR) is 95.7 cm³/mol. The molecule has 2 aliphatic heterocycles. The van der Waals surface area contributed by atoms with Crippen molar-refractivity contribution in [3.63, 3.8) is 0 Å². The summed E-state index contributed by atoms with van der Waals surface area (Å²) in [5.74, 6) is -1.71. The minimum absolute atomic E-state index is 0.0841. The van der Waals surface area contributed by atoms with Crippen LogP contribution in [0.3, 0.4) is 0 Å². The van der Waals surface area contributed by atoms with E-state index in [9.17, 15) is 19.5 Å². The maximum Gasteiger partial charge on any atom is 0.326 e. The third-order valence-electron chi connectivity index (χ3n) is 4.93. The molecule has 0 bridgehead atoms. The smallest absolute Gasteiger partial charge is 0.326 e. The molecule has 2 amide bonds. The molecule has 0 spiro atoms. The summed E-state index contributed by atoms with van der Waals surface area (Å²) in [6.45, 7) is 0.780. The molecule has 1 aromatic carbocycles. The summed E-state index contributed by atoms with van der Waals surface area (Å²) in [6.07, 6.45) is 4.25. The minimum Gasteiger partial charge on any atom is -0.480 e. The Kier molecular flexibility index (Phi) is 5.32. The van der Waals surface area contributed by atoms with Gasteiger partial charge in [0.1, 0.15) is 6.04 Å². The summed E-state index contributed by atoms with van der Waals surface area (Å²) in [7, 11) is 0. The van der Waals surface area contributed by atoms with Crippen molar-refractivity contribution in [2.45, 2.75) is 36.6 Å². The molecular formula is C18H22N2O4S. The number of carboxylic acids is 1. The number of anilines is 1. The first-order valence-corrected chi connectivity index (χ1v) is 9.71. The lowest BCUT2D eigenvalue weighted by atomic mass is 9.98. The lowest BCUT2D eigenvalue weighted by Crippen LogP contribution is -2.50. The average Bonchev–Trinajstić information content (AvgIpc) is 3.03. The van der Waals surface area contributed by atoms with Crippen LogP contribution in [0.25, 0.3) is 0 Å². The van der Waals surface area contributed by atoms with E-state index in [2.05, 4.69) is 0 Å². The van der Waals surface area contributed by atoms with Crippen molar-refractivity contribution in [1.29, 1.82) is 0 Å². The van der Waals surface area contributed by atoms with E-state index in [0.29, 0.717) is 19.5 Å². The van der Waals surface area contributed by atoms with Crippen LogP contribution in [0, 0.1) is 5.92 Å². The van der Waals surface area contributed by atoms with Gasteiger partial charge in [0.15, 0.2) is 0 Å². The van der Waals surface area contributed by atoms with Gasteiger partial charge in [-0.25, -0.2) is 4.79 Å². The van der Waals surface area contributed by atoms with E-state index in [-0.39, 0.29) is 18.2 Å². The highest BCUT2D eigenvalue weighted by Gasteiger charge is 2.41. The van der Waals surface area contributed by atoms with Crippen molar-refractivity contribution in [2.24, 2.45) is 5.92 Å². The molecule has 1 aromatic rings. The Morgan fingerprint density at radius 2 is 1.92 bits per heavy atom. The number of carbonyl (C=O) groups is 3. The van der Waals surface area contributed by atoms with E-state index in [1.165, 1.54) is 4.90 Å². The fourth-order valence-corrected chi connectivity index (χ4v) is 3.98. The van der Waals surface area contributed by atoms with Gasteiger partial charge in [-0.05, 0) is 49.8 Å². The molecule has 134 valence electrons. The SMILES string of the molecule is CSc1ccc(N2CC(C(=O)N3CCCC[C@@H]3C(=O)O)CC2=O)cc1. The average molecular weight is 362 g/mol. The van der Waals surface area contributed by atoms with Crippen molar-refractivity contribution >= 4 is 35.2 Å². The highest BCUT2D eigenvalue weighted by Crippen LogP contribution is 2.29. The van der Waals surface area contributed by atoms with Crippen LogP contribution in [0.1, 0.15) is 25.7 Å². The Hall–Kier alpha value is -2.02. The molecule has 1 unspecified atom stereocenters. The van der Waals surface area contributed by atoms with Crippen molar-refractivity contribution in [2.75, 3.05) is 24.2 Å². The Morgan fingerprint density at radius 3 is 2.56 bits per heavy atom. The van der Waals surface area contributed by atoms with E-state index in [1.807, 2.05) is 30.5 Å². The van der Waals surface area contributed by atoms with Gasteiger partial charge < -0.3 is 14.9 Å². The van der Waals surface area contributed by atoms with Crippen LogP contribution in [0.15, 0.2) is 29.2 Å². The Balaban J connectivity index is 1.72. The molecule has 2 atom stereocenters. The fourth-order valence-electron chi connectivity index (χ4n) is 3.57. The van der Waals surface area contributed by atoms with Crippen molar-refractivity contribution in [3.05, 3.63) is 24.3 Å². The first-order valence-electron chi connectivity index (χ1n) is 8.49. The molecule has 7 heteroatoms. The molecule has 25 heavy (non-hydrogen) atoms. The molecule has 6 nitrogen and oxygen atoms in total. The maximum atomic E-state index is 12.8. The maximum absolute atomic E-state index is 12.8. The quantitative estimate of drug-likeness (QED) is 0.831. The summed E-state index contributed by atoms with van der Waals surface area (Å²) in [4.78, 5) is 40.8. The summed E-state index contributed by atoms with van der Waals surface area (Å²) < 4.78 is 0. The van der Waals surface area contributed by atoms with Gasteiger partial charge in [-0.2, -0.15) is 0 Å². The largest absolute Gasteiger partial charge is 0.480 e. The molecule has 2 heterocycles. The van der Waals surface area contributed by atoms with Gasteiger partial charge in [-0.15, -0.1) is 11.8 Å². The zero-order valence-electron chi connectivity index (χ0n) is 14.2. The molecular weight excluding hydrogens is 340 g/mol. The predicted octanol–water partition coefficient (Wildman–Crippen LogP) is 2.23. The Bertz CT molecular complexity index is 676. The molecule has 2 fully saturated rings. The number of rotatable bonds is 4. The number of likely N-dealkylation sites (tertiary alicyclic amines) is 1. The second-order valence-corrected chi connectivity index (χ2v) is 7.36. The van der Waals surface area contributed by atoms with Crippen LogP contribution in [0.5, 0.6) is 0 Å². The molecule has 0 aromatic heterocycles. The minimum atomic E-state index is -0.957. The number of hydrogen-bond acceptors (Lipinski definition) is 4. The third-order valence-corrected chi connectivity index (χ3v) is 5.67. The van der Waals surface area contributed by atoms with Crippen molar-refractivity contribution in [1.82, 2.24) is 4.90 Å². The lowest BCUT2D eigenvalue weighted by Gasteiger charge is -2.34. The highest BCUT2D eigenvalue weighted by atomic mass is 32.2. The van der Waals surface area contributed by atoms with Gasteiger partial charge in [0, 0.05) is 30.1 Å². The molecule has 0 radical (unpaired) electrons. The Labute approximate surface area is 151 Å². The number of piperidine rings is 1. The first-order chi connectivity index (χ1) is 12.0.